The Bertz CT molecular complexity index is 1070. The number of ketones is 1. The normalized spacial score (nSPS) is 13.0. The second-order valence-electron chi connectivity index (χ2n) is 5.60. The smallest absolute Gasteiger partial charge is 0.270 e. The molecule has 0 spiro atoms. The van der Waals surface area contributed by atoms with Crippen LogP contribution < -0.4 is 0 Å². The number of nitrogens with zero attached hydrogens (tertiary/aromatic N) is 1. The molecule has 24 heavy (non-hydrogen) atoms. The third kappa shape index (κ3) is 1.99. The highest BCUT2D eigenvalue weighted by atomic mass is 16.6. The van der Waals surface area contributed by atoms with Crippen LogP contribution in [0.1, 0.15) is 15.9 Å². The van der Waals surface area contributed by atoms with E-state index in [1.807, 2.05) is 18.2 Å². The molecule has 3 aromatic rings. The maximum Gasteiger partial charge on any atom is 0.270 e. The quantitative estimate of drug-likeness (QED) is 0.557. The summed E-state index contributed by atoms with van der Waals surface area (Å²) in [6.07, 6.45) is 1.45. The van der Waals surface area contributed by atoms with Gasteiger partial charge in [-0.15, -0.1) is 0 Å². The van der Waals surface area contributed by atoms with Crippen molar-refractivity contribution in [2.75, 3.05) is 0 Å². The van der Waals surface area contributed by atoms with Gasteiger partial charge in [0, 0.05) is 23.1 Å². The number of benzene rings is 3. The lowest BCUT2D eigenvalue weighted by atomic mass is 9.87. The zero-order valence-corrected chi connectivity index (χ0v) is 12.4. The van der Waals surface area contributed by atoms with Gasteiger partial charge in [-0.1, -0.05) is 42.5 Å². The van der Waals surface area contributed by atoms with E-state index in [0.717, 1.165) is 21.9 Å². The fraction of sp³-hybridized carbons (Fsp3) is 0. The minimum absolute atomic E-state index is 0.0154. The molecule has 0 heterocycles. The monoisotopic (exact) mass is 317 g/mol. The van der Waals surface area contributed by atoms with Crippen molar-refractivity contribution in [1.82, 2.24) is 0 Å². The van der Waals surface area contributed by atoms with Crippen LogP contribution in [0.2, 0.25) is 0 Å². The Labute approximate surface area is 136 Å². The first-order valence-electron chi connectivity index (χ1n) is 7.32. The average Bonchev–Trinajstić information content (AvgIpc) is 2.60. The fourth-order valence-electron chi connectivity index (χ4n) is 3.13. The molecular weight excluding hydrogens is 306 g/mol. The third-order valence-electron chi connectivity index (χ3n) is 4.21. The molecule has 0 bridgehead atoms. The second kappa shape index (κ2) is 5.03. The molecule has 0 amide bonds. The van der Waals surface area contributed by atoms with Crippen molar-refractivity contribution in [2.24, 2.45) is 0 Å². The topological polar surface area (TPSA) is 80.4 Å². The van der Waals surface area contributed by atoms with Crippen LogP contribution in [0.15, 0.2) is 60.4 Å². The summed E-state index contributed by atoms with van der Waals surface area (Å²) in [6, 6.07) is 15.4. The molecule has 0 unspecified atom stereocenters. The summed E-state index contributed by atoms with van der Waals surface area (Å²) in [7, 11) is 0. The van der Waals surface area contributed by atoms with Crippen molar-refractivity contribution in [3.63, 3.8) is 0 Å². The van der Waals surface area contributed by atoms with Gasteiger partial charge in [0.15, 0.2) is 5.76 Å². The van der Waals surface area contributed by atoms with Crippen molar-refractivity contribution in [2.45, 2.75) is 0 Å². The van der Waals surface area contributed by atoms with Crippen LogP contribution in [0.5, 0.6) is 0 Å². The molecule has 1 N–H and O–H groups in total. The van der Waals surface area contributed by atoms with Gasteiger partial charge in [0.1, 0.15) is 0 Å². The van der Waals surface area contributed by atoms with E-state index in [1.165, 1.54) is 18.2 Å². The van der Waals surface area contributed by atoms with Gasteiger partial charge in [0.2, 0.25) is 5.78 Å². The lowest BCUT2D eigenvalue weighted by molar-refractivity contribution is -0.384. The first kappa shape index (κ1) is 14.1. The van der Waals surface area contributed by atoms with Gasteiger partial charge < -0.3 is 5.11 Å². The summed E-state index contributed by atoms with van der Waals surface area (Å²) in [5, 5.41) is 22.4. The highest BCUT2D eigenvalue weighted by molar-refractivity contribution is 6.23. The van der Waals surface area contributed by atoms with Crippen LogP contribution >= 0.6 is 0 Å². The number of non-ortho nitro benzene ring substituents is 1. The van der Waals surface area contributed by atoms with Crippen LogP contribution in [0, 0.1) is 10.1 Å². The lowest BCUT2D eigenvalue weighted by Crippen LogP contribution is -2.08. The van der Waals surface area contributed by atoms with Crippen LogP contribution in [0.4, 0.5) is 5.69 Å². The molecule has 1 aliphatic carbocycles. The van der Waals surface area contributed by atoms with Gasteiger partial charge in [0.05, 0.1) is 4.92 Å². The number of nitro benzene ring substituents is 1. The molecule has 0 fully saturated rings. The van der Waals surface area contributed by atoms with E-state index in [1.54, 1.807) is 24.3 Å². The van der Waals surface area contributed by atoms with Crippen molar-refractivity contribution in [1.29, 1.82) is 0 Å². The van der Waals surface area contributed by atoms with Gasteiger partial charge in [0.25, 0.3) is 5.69 Å². The molecule has 116 valence electrons. The van der Waals surface area contributed by atoms with E-state index in [2.05, 4.69) is 0 Å². The lowest BCUT2D eigenvalue weighted by Gasteiger charge is -2.16. The van der Waals surface area contributed by atoms with Gasteiger partial charge >= 0.3 is 0 Å². The minimum Gasteiger partial charge on any atom is -0.504 e. The van der Waals surface area contributed by atoms with E-state index < -0.39 is 10.7 Å². The second-order valence-corrected chi connectivity index (χ2v) is 5.60. The number of Topliss-reactive ketones (excluding diaryl/α,β-unsaturated/α-hetero) is 1. The summed E-state index contributed by atoms with van der Waals surface area (Å²) in [6.45, 7) is 0. The molecule has 5 nitrogen and oxygen atoms in total. The summed E-state index contributed by atoms with van der Waals surface area (Å²) in [5.74, 6) is -0.692. The van der Waals surface area contributed by atoms with Crippen molar-refractivity contribution < 1.29 is 14.8 Å². The Balaban J connectivity index is 2.04. The fourth-order valence-corrected chi connectivity index (χ4v) is 3.13. The van der Waals surface area contributed by atoms with E-state index in [0.29, 0.717) is 11.1 Å². The molecule has 0 saturated heterocycles. The highest BCUT2D eigenvalue weighted by Crippen LogP contribution is 2.37. The summed E-state index contributed by atoms with van der Waals surface area (Å²) in [5.41, 5.74) is 2.73. The predicted molar refractivity (Wildman–Crippen MR) is 91.0 cm³/mol. The number of nitro groups is 1. The Hall–Kier alpha value is -3.47. The Morgan fingerprint density at radius 2 is 1.75 bits per heavy atom. The first-order chi connectivity index (χ1) is 11.6. The Kier molecular flexibility index (Phi) is 2.96. The van der Waals surface area contributed by atoms with Crippen LogP contribution in [0.3, 0.4) is 0 Å². The summed E-state index contributed by atoms with van der Waals surface area (Å²) >= 11 is 0. The number of hydrogen-bond donors (Lipinski definition) is 1. The summed E-state index contributed by atoms with van der Waals surface area (Å²) in [4.78, 5) is 22.8. The maximum absolute atomic E-state index is 12.2. The highest BCUT2D eigenvalue weighted by Gasteiger charge is 2.22. The van der Waals surface area contributed by atoms with Crippen LogP contribution in [-0.4, -0.2) is 15.8 Å². The molecule has 0 radical (unpaired) electrons. The van der Waals surface area contributed by atoms with Crippen LogP contribution in [-0.2, 0) is 0 Å². The van der Waals surface area contributed by atoms with E-state index in [4.69, 9.17) is 0 Å². The maximum atomic E-state index is 12.2. The Morgan fingerprint density at radius 1 is 0.958 bits per heavy atom. The van der Waals surface area contributed by atoms with Crippen molar-refractivity contribution in [3.8, 4) is 11.1 Å². The Morgan fingerprint density at radius 3 is 2.54 bits per heavy atom. The van der Waals surface area contributed by atoms with Gasteiger partial charge in [-0.05, 0) is 28.2 Å². The molecule has 0 aliphatic heterocycles. The SMILES string of the molecule is O=C1C(O)=Cc2ccc(-c3cccc([N+](=O)[O-])c3)c3cccc1c23. The number of carbonyl (C=O) groups is 1. The van der Waals surface area contributed by atoms with Crippen molar-refractivity contribution >= 4 is 28.3 Å². The molecule has 0 aromatic heterocycles. The number of rotatable bonds is 2. The molecular formula is C19H11NO4. The number of carbonyl (C=O) groups excluding carboxylic acids is 1. The molecule has 1 aliphatic rings. The third-order valence-corrected chi connectivity index (χ3v) is 4.21. The van der Waals surface area contributed by atoms with E-state index >= 15 is 0 Å². The molecule has 5 heteroatoms. The van der Waals surface area contributed by atoms with Crippen LogP contribution in [0.25, 0.3) is 28.0 Å². The van der Waals surface area contributed by atoms with Gasteiger partial charge in [-0.3, -0.25) is 14.9 Å². The van der Waals surface area contributed by atoms with E-state index in [9.17, 15) is 20.0 Å². The van der Waals surface area contributed by atoms with Gasteiger partial charge in [-0.2, -0.15) is 0 Å². The summed E-state index contributed by atoms with van der Waals surface area (Å²) < 4.78 is 0. The van der Waals surface area contributed by atoms with Gasteiger partial charge in [-0.25, -0.2) is 0 Å². The zero-order valence-electron chi connectivity index (χ0n) is 12.4. The average molecular weight is 317 g/mol. The molecule has 3 aromatic carbocycles. The molecule has 4 rings (SSSR count). The number of allylic oxidation sites excluding steroid dienone is 1. The predicted octanol–water partition coefficient (Wildman–Crippen LogP) is 4.51. The molecule has 0 saturated carbocycles. The standard InChI is InChI=1S/C19H11NO4/c21-17-10-12-7-8-14(11-3-1-4-13(9-11)20(23)24)15-5-2-6-16(18(12)15)19(17)22/h1-10,21H. The number of aliphatic hydroxyl groups excluding tert-OH is 1. The number of aliphatic hydroxyl groups is 1. The number of hydrogen-bond acceptors (Lipinski definition) is 4. The van der Waals surface area contributed by atoms with Crippen molar-refractivity contribution in [3.05, 3.63) is 81.6 Å². The largest absolute Gasteiger partial charge is 0.504 e. The zero-order chi connectivity index (χ0) is 16.8. The minimum atomic E-state index is -0.432. The first-order valence-corrected chi connectivity index (χ1v) is 7.32. The van der Waals surface area contributed by atoms with E-state index in [-0.39, 0.29) is 11.4 Å². The molecule has 0 atom stereocenters.